The van der Waals surface area contributed by atoms with Crippen LogP contribution in [0, 0.1) is 18.8 Å². The van der Waals surface area contributed by atoms with Gasteiger partial charge in [-0.3, -0.25) is 4.79 Å². The van der Waals surface area contributed by atoms with Crippen LogP contribution in [-0.2, 0) is 4.79 Å². The summed E-state index contributed by atoms with van der Waals surface area (Å²) in [6.07, 6.45) is 0.675. The summed E-state index contributed by atoms with van der Waals surface area (Å²) in [5, 5.41) is 0.559. The van der Waals surface area contributed by atoms with Crippen LogP contribution in [0.5, 0.6) is 0 Å². The highest BCUT2D eigenvalue weighted by atomic mass is 35.5. The second kappa shape index (κ2) is 6.57. The van der Waals surface area contributed by atoms with E-state index >= 15 is 0 Å². The molecule has 0 amide bonds. The first kappa shape index (κ1) is 13.1. The third-order valence-corrected chi connectivity index (χ3v) is 2.85. The number of aromatic nitrogens is 1. The minimum atomic E-state index is 0.122. The summed E-state index contributed by atoms with van der Waals surface area (Å²) in [5.74, 6) is 6.64. The van der Waals surface area contributed by atoms with E-state index in [2.05, 4.69) is 16.8 Å². The van der Waals surface area contributed by atoms with E-state index in [1.54, 1.807) is 6.92 Å². The molecule has 0 aliphatic carbocycles. The predicted molar refractivity (Wildman–Crippen MR) is 68.6 cm³/mol. The number of pyridine rings is 1. The van der Waals surface area contributed by atoms with E-state index < -0.39 is 0 Å². The van der Waals surface area contributed by atoms with Crippen LogP contribution in [0.1, 0.15) is 24.6 Å². The zero-order valence-electron chi connectivity index (χ0n) is 9.21. The SMILES string of the molecule is CC(=O)SCCC#Cc1ccc(C)nc1Cl. The zero-order valence-corrected chi connectivity index (χ0v) is 10.8. The number of hydrogen-bond donors (Lipinski definition) is 0. The van der Waals surface area contributed by atoms with E-state index in [1.807, 2.05) is 19.1 Å². The Bertz CT molecular complexity index is 448. The average Bonchev–Trinajstić information content (AvgIpc) is 2.20. The Kier molecular flexibility index (Phi) is 5.37. The van der Waals surface area contributed by atoms with Crippen molar-refractivity contribution in [3.8, 4) is 11.8 Å². The number of halogens is 1. The highest BCUT2D eigenvalue weighted by Crippen LogP contribution is 2.12. The molecular weight excluding hydrogens is 242 g/mol. The summed E-state index contributed by atoms with van der Waals surface area (Å²) in [5.41, 5.74) is 1.61. The standard InChI is InChI=1S/C12H12ClNOS/c1-9-6-7-11(12(13)14-9)5-3-4-8-16-10(2)15/h6-7H,4,8H2,1-2H3. The van der Waals surface area contributed by atoms with Gasteiger partial charge in [-0.05, 0) is 19.1 Å². The van der Waals surface area contributed by atoms with Gasteiger partial charge in [0.2, 0.25) is 0 Å². The molecule has 4 heteroatoms. The van der Waals surface area contributed by atoms with Crippen molar-refractivity contribution in [1.82, 2.24) is 4.98 Å². The van der Waals surface area contributed by atoms with E-state index in [9.17, 15) is 4.79 Å². The van der Waals surface area contributed by atoms with Gasteiger partial charge in [-0.1, -0.05) is 35.2 Å². The number of thioether (sulfide) groups is 1. The van der Waals surface area contributed by atoms with Crippen molar-refractivity contribution in [2.24, 2.45) is 0 Å². The average molecular weight is 254 g/mol. The third-order valence-electron chi connectivity index (χ3n) is 1.74. The quantitative estimate of drug-likeness (QED) is 0.461. The van der Waals surface area contributed by atoms with Gasteiger partial charge >= 0.3 is 0 Å². The smallest absolute Gasteiger partial charge is 0.185 e. The largest absolute Gasteiger partial charge is 0.288 e. The highest BCUT2D eigenvalue weighted by Gasteiger charge is 1.97. The van der Waals surface area contributed by atoms with Crippen LogP contribution in [0.3, 0.4) is 0 Å². The zero-order chi connectivity index (χ0) is 12.0. The number of rotatable bonds is 2. The Balaban J connectivity index is 2.53. The molecule has 0 fully saturated rings. The lowest BCUT2D eigenvalue weighted by atomic mass is 10.2. The van der Waals surface area contributed by atoms with Crippen molar-refractivity contribution < 1.29 is 4.79 Å². The molecule has 1 rings (SSSR count). The molecule has 0 saturated carbocycles. The molecule has 0 saturated heterocycles. The summed E-state index contributed by atoms with van der Waals surface area (Å²) in [4.78, 5) is 14.8. The molecule has 84 valence electrons. The molecule has 0 spiro atoms. The second-order valence-corrected chi connectivity index (χ2v) is 4.81. The van der Waals surface area contributed by atoms with Crippen molar-refractivity contribution in [3.63, 3.8) is 0 Å². The molecule has 0 atom stereocenters. The predicted octanol–water partition coefficient (Wildman–Crippen LogP) is 3.06. The molecule has 1 heterocycles. The molecule has 2 nitrogen and oxygen atoms in total. The lowest BCUT2D eigenvalue weighted by molar-refractivity contribution is -0.109. The van der Waals surface area contributed by atoms with Crippen LogP contribution < -0.4 is 0 Å². The topological polar surface area (TPSA) is 30.0 Å². The van der Waals surface area contributed by atoms with Gasteiger partial charge in [0.25, 0.3) is 0 Å². The van der Waals surface area contributed by atoms with Crippen molar-refractivity contribution in [3.05, 3.63) is 28.5 Å². The molecule has 1 aromatic rings. The molecule has 0 radical (unpaired) electrons. The molecule has 0 aliphatic rings. The summed E-state index contributed by atoms with van der Waals surface area (Å²) >= 11 is 7.20. The molecule has 0 unspecified atom stereocenters. The van der Waals surface area contributed by atoms with Crippen molar-refractivity contribution in [2.75, 3.05) is 5.75 Å². The van der Waals surface area contributed by atoms with Gasteiger partial charge in [-0.15, -0.1) is 0 Å². The maximum absolute atomic E-state index is 10.7. The normalized spacial score (nSPS) is 9.44. The Morgan fingerprint density at radius 3 is 2.94 bits per heavy atom. The fourth-order valence-electron chi connectivity index (χ4n) is 1.02. The number of hydrogen-bond acceptors (Lipinski definition) is 3. The van der Waals surface area contributed by atoms with Gasteiger partial charge in [0, 0.05) is 24.8 Å². The van der Waals surface area contributed by atoms with Crippen LogP contribution in [0.15, 0.2) is 12.1 Å². The molecule has 0 aliphatic heterocycles. The van der Waals surface area contributed by atoms with Crippen LogP contribution in [-0.4, -0.2) is 15.9 Å². The van der Waals surface area contributed by atoms with E-state index in [0.717, 1.165) is 17.0 Å². The van der Waals surface area contributed by atoms with E-state index in [1.165, 1.54) is 11.8 Å². The minimum Gasteiger partial charge on any atom is -0.288 e. The van der Waals surface area contributed by atoms with Crippen molar-refractivity contribution in [1.29, 1.82) is 0 Å². The number of aryl methyl sites for hydroxylation is 1. The molecule has 1 aromatic heterocycles. The molecule has 16 heavy (non-hydrogen) atoms. The molecule has 0 N–H and O–H groups in total. The van der Waals surface area contributed by atoms with E-state index in [-0.39, 0.29) is 5.12 Å². The van der Waals surface area contributed by atoms with Gasteiger partial charge in [-0.2, -0.15) is 0 Å². The Morgan fingerprint density at radius 1 is 1.56 bits per heavy atom. The summed E-state index contributed by atoms with van der Waals surface area (Å²) in [7, 11) is 0. The fourth-order valence-corrected chi connectivity index (χ4v) is 1.76. The number of carbonyl (C=O) groups is 1. The first-order valence-corrected chi connectivity index (χ1v) is 6.21. The van der Waals surface area contributed by atoms with Gasteiger partial charge in [0.05, 0.1) is 5.56 Å². The molecule has 0 aromatic carbocycles. The fraction of sp³-hybridized carbons (Fsp3) is 0.333. The molecular formula is C12H12ClNOS. The van der Waals surface area contributed by atoms with Crippen LogP contribution in [0.25, 0.3) is 0 Å². The summed E-state index contributed by atoms with van der Waals surface area (Å²) < 4.78 is 0. The minimum absolute atomic E-state index is 0.122. The van der Waals surface area contributed by atoms with E-state index in [0.29, 0.717) is 11.6 Å². The first-order valence-electron chi connectivity index (χ1n) is 4.85. The lowest BCUT2D eigenvalue weighted by Crippen LogP contribution is -1.86. The Morgan fingerprint density at radius 2 is 2.31 bits per heavy atom. The number of nitrogens with zero attached hydrogens (tertiary/aromatic N) is 1. The monoisotopic (exact) mass is 253 g/mol. The summed E-state index contributed by atoms with van der Waals surface area (Å²) in [6, 6.07) is 3.73. The Labute approximate surface area is 105 Å². The maximum Gasteiger partial charge on any atom is 0.185 e. The first-order chi connectivity index (χ1) is 7.59. The highest BCUT2D eigenvalue weighted by molar-refractivity contribution is 8.13. The van der Waals surface area contributed by atoms with Gasteiger partial charge in [-0.25, -0.2) is 4.98 Å². The van der Waals surface area contributed by atoms with Crippen LogP contribution in [0.4, 0.5) is 0 Å². The van der Waals surface area contributed by atoms with Crippen molar-refractivity contribution in [2.45, 2.75) is 20.3 Å². The maximum atomic E-state index is 10.7. The molecule has 0 bridgehead atoms. The third kappa shape index (κ3) is 4.69. The second-order valence-electron chi connectivity index (χ2n) is 3.18. The van der Waals surface area contributed by atoms with Gasteiger partial charge in [0.1, 0.15) is 5.15 Å². The summed E-state index contributed by atoms with van der Waals surface area (Å²) in [6.45, 7) is 3.44. The van der Waals surface area contributed by atoms with Crippen LogP contribution in [0.2, 0.25) is 5.15 Å². The van der Waals surface area contributed by atoms with E-state index in [4.69, 9.17) is 11.6 Å². The van der Waals surface area contributed by atoms with Gasteiger partial charge < -0.3 is 0 Å². The van der Waals surface area contributed by atoms with Crippen LogP contribution >= 0.6 is 23.4 Å². The van der Waals surface area contributed by atoms with Crippen molar-refractivity contribution >= 4 is 28.5 Å². The Hall–Kier alpha value is -0.980. The van der Waals surface area contributed by atoms with Gasteiger partial charge in [0.15, 0.2) is 5.12 Å². The number of carbonyl (C=O) groups excluding carboxylic acids is 1. The lowest BCUT2D eigenvalue weighted by Gasteiger charge is -1.96.